The third-order valence-corrected chi connectivity index (χ3v) is 3.07. The summed E-state index contributed by atoms with van der Waals surface area (Å²) in [5, 5.41) is 0. The quantitative estimate of drug-likeness (QED) is 0.841. The lowest BCUT2D eigenvalue weighted by Gasteiger charge is -2.07. The van der Waals surface area contributed by atoms with Gasteiger partial charge in [0, 0.05) is 16.9 Å². The van der Waals surface area contributed by atoms with Gasteiger partial charge >= 0.3 is 0 Å². The van der Waals surface area contributed by atoms with Gasteiger partial charge in [-0.25, -0.2) is 4.98 Å². The molecular weight excluding hydrogens is 268 g/mol. The molecule has 1 aromatic heterocycles. The second kappa shape index (κ2) is 4.61. The minimum atomic E-state index is 0.546. The number of aromatic nitrogens is 2. The second-order valence-electron chi connectivity index (χ2n) is 3.46. The molecular formula is C12H11BrN2O. The fourth-order valence-electron chi connectivity index (χ4n) is 1.29. The van der Waals surface area contributed by atoms with Crippen molar-refractivity contribution in [3.8, 4) is 11.6 Å². The van der Waals surface area contributed by atoms with E-state index in [0.29, 0.717) is 5.88 Å². The first-order valence-electron chi connectivity index (χ1n) is 4.88. The smallest absolute Gasteiger partial charge is 0.240 e. The SMILES string of the molecule is Cc1cc(Oc2nccnc2C)ccc1Br. The van der Waals surface area contributed by atoms with Gasteiger partial charge in [0.2, 0.25) is 5.88 Å². The van der Waals surface area contributed by atoms with Gasteiger partial charge in [0.05, 0.1) is 5.69 Å². The fourth-order valence-corrected chi connectivity index (χ4v) is 1.53. The van der Waals surface area contributed by atoms with Crippen molar-refractivity contribution in [2.24, 2.45) is 0 Å². The topological polar surface area (TPSA) is 35.0 Å². The van der Waals surface area contributed by atoms with Crippen LogP contribution in [0, 0.1) is 13.8 Å². The number of nitrogens with zero attached hydrogens (tertiary/aromatic N) is 2. The van der Waals surface area contributed by atoms with Crippen LogP contribution in [0.2, 0.25) is 0 Å². The highest BCUT2D eigenvalue weighted by Gasteiger charge is 2.04. The fraction of sp³-hybridized carbons (Fsp3) is 0.167. The molecule has 2 rings (SSSR count). The van der Waals surface area contributed by atoms with Crippen molar-refractivity contribution in [3.05, 3.63) is 46.3 Å². The molecule has 3 nitrogen and oxygen atoms in total. The van der Waals surface area contributed by atoms with Crippen molar-refractivity contribution in [2.45, 2.75) is 13.8 Å². The molecule has 0 bridgehead atoms. The van der Waals surface area contributed by atoms with Gasteiger partial charge in [0.1, 0.15) is 5.75 Å². The van der Waals surface area contributed by atoms with Crippen LogP contribution in [-0.4, -0.2) is 9.97 Å². The molecule has 82 valence electrons. The number of aryl methyl sites for hydroxylation is 2. The molecule has 0 saturated carbocycles. The van der Waals surface area contributed by atoms with Crippen LogP contribution < -0.4 is 4.74 Å². The van der Waals surface area contributed by atoms with Crippen LogP contribution in [0.5, 0.6) is 11.6 Å². The van der Waals surface area contributed by atoms with Crippen molar-refractivity contribution < 1.29 is 4.74 Å². The lowest BCUT2D eigenvalue weighted by molar-refractivity contribution is 0.455. The molecule has 0 radical (unpaired) electrons. The maximum absolute atomic E-state index is 5.65. The standard InChI is InChI=1S/C12H11BrN2O/c1-8-7-10(3-4-11(8)13)16-12-9(2)14-5-6-15-12/h3-7H,1-2H3. The highest BCUT2D eigenvalue weighted by molar-refractivity contribution is 9.10. The number of halogens is 1. The van der Waals surface area contributed by atoms with Crippen molar-refractivity contribution in [3.63, 3.8) is 0 Å². The van der Waals surface area contributed by atoms with Crippen LogP contribution in [0.15, 0.2) is 35.1 Å². The largest absolute Gasteiger partial charge is 0.437 e. The Labute approximate surface area is 103 Å². The Hall–Kier alpha value is -1.42. The van der Waals surface area contributed by atoms with Crippen molar-refractivity contribution in [2.75, 3.05) is 0 Å². The molecule has 0 atom stereocenters. The molecule has 0 aliphatic rings. The molecule has 0 N–H and O–H groups in total. The third-order valence-electron chi connectivity index (χ3n) is 2.18. The summed E-state index contributed by atoms with van der Waals surface area (Å²) >= 11 is 3.45. The Morgan fingerprint density at radius 3 is 2.56 bits per heavy atom. The van der Waals surface area contributed by atoms with Crippen LogP contribution in [0.4, 0.5) is 0 Å². The Morgan fingerprint density at radius 2 is 1.88 bits per heavy atom. The predicted molar refractivity (Wildman–Crippen MR) is 65.7 cm³/mol. The van der Waals surface area contributed by atoms with Gasteiger partial charge in [0.25, 0.3) is 0 Å². The van der Waals surface area contributed by atoms with E-state index < -0.39 is 0 Å². The average molecular weight is 279 g/mol. The summed E-state index contributed by atoms with van der Waals surface area (Å²) in [5.41, 5.74) is 1.90. The van der Waals surface area contributed by atoms with E-state index >= 15 is 0 Å². The van der Waals surface area contributed by atoms with E-state index in [1.54, 1.807) is 12.4 Å². The van der Waals surface area contributed by atoms with Crippen molar-refractivity contribution in [1.82, 2.24) is 9.97 Å². The van der Waals surface area contributed by atoms with Crippen molar-refractivity contribution >= 4 is 15.9 Å². The maximum atomic E-state index is 5.65. The Morgan fingerprint density at radius 1 is 1.12 bits per heavy atom. The number of hydrogen-bond donors (Lipinski definition) is 0. The van der Waals surface area contributed by atoms with E-state index in [1.165, 1.54) is 0 Å². The molecule has 4 heteroatoms. The highest BCUT2D eigenvalue weighted by Crippen LogP contribution is 2.25. The molecule has 0 amide bonds. The summed E-state index contributed by atoms with van der Waals surface area (Å²) in [4.78, 5) is 8.25. The Kier molecular flexibility index (Phi) is 3.19. The summed E-state index contributed by atoms with van der Waals surface area (Å²) in [5.74, 6) is 1.31. The molecule has 0 saturated heterocycles. The van der Waals surface area contributed by atoms with Gasteiger partial charge in [-0.1, -0.05) is 15.9 Å². The van der Waals surface area contributed by atoms with Gasteiger partial charge in [-0.2, -0.15) is 0 Å². The number of rotatable bonds is 2. The molecule has 0 spiro atoms. The van der Waals surface area contributed by atoms with Crippen LogP contribution in [0.1, 0.15) is 11.3 Å². The minimum absolute atomic E-state index is 0.546. The predicted octanol–water partition coefficient (Wildman–Crippen LogP) is 3.65. The second-order valence-corrected chi connectivity index (χ2v) is 4.31. The zero-order valence-electron chi connectivity index (χ0n) is 9.07. The highest BCUT2D eigenvalue weighted by atomic mass is 79.9. The molecule has 1 aromatic carbocycles. The van der Waals surface area contributed by atoms with E-state index in [9.17, 15) is 0 Å². The zero-order chi connectivity index (χ0) is 11.5. The van der Waals surface area contributed by atoms with Gasteiger partial charge in [-0.15, -0.1) is 0 Å². The first-order chi connectivity index (χ1) is 7.66. The van der Waals surface area contributed by atoms with E-state index in [1.807, 2.05) is 32.0 Å². The van der Waals surface area contributed by atoms with E-state index in [0.717, 1.165) is 21.5 Å². The first kappa shape index (κ1) is 11.1. The summed E-state index contributed by atoms with van der Waals surface area (Å²) in [6.45, 7) is 3.88. The van der Waals surface area contributed by atoms with Crippen LogP contribution in [-0.2, 0) is 0 Å². The van der Waals surface area contributed by atoms with Crippen LogP contribution in [0.25, 0.3) is 0 Å². The average Bonchev–Trinajstić information content (AvgIpc) is 2.27. The van der Waals surface area contributed by atoms with Crippen LogP contribution >= 0.6 is 15.9 Å². The molecule has 0 aliphatic carbocycles. The number of benzene rings is 1. The monoisotopic (exact) mass is 278 g/mol. The first-order valence-corrected chi connectivity index (χ1v) is 5.68. The number of hydrogen-bond acceptors (Lipinski definition) is 3. The minimum Gasteiger partial charge on any atom is -0.437 e. The molecule has 2 aromatic rings. The molecule has 0 aliphatic heterocycles. The van der Waals surface area contributed by atoms with Gasteiger partial charge in [-0.05, 0) is 37.6 Å². The molecule has 16 heavy (non-hydrogen) atoms. The van der Waals surface area contributed by atoms with E-state index in [-0.39, 0.29) is 0 Å². The summed E-state index contributed by atoms with van der Waals surface area (Å²) in [7, 11) is 0. The van der Waals surface area contributed by atoms with Gasteiger partial charge in [-0.3, -0.25) is 4.98 Å². The maximum Gasteiger partial charge on any atom is 0.240 e. The van der Waals surface area contributed by atoms with Crippen molar-refractivity contribution in [1.29, 1.82) is 0 Å². The lowest BCUT2D eigenvalue weighted by atomic mass is 10.2. The summed E-state index contributed by atoms with van der Waals surface area (Å²) in [6.07, 6.45) is 3.27. The molecule has 0 fully saturated rings. The lowest BCUT2D eigenvalue weighted by Crippen LogP contribution is -1.93. The van der Waals surface area contributed by atoms with Gasteiger partial charge in [0.15, 0.2) is 0 Å². The molecule has 1 heterocycles. The molecule has 0 unspecified atom stereocenters. The van der Waals surface area contributed by atoms with Gasteiger partial charge < -0.3 is 4.74 Å². The van der Waals surface area contributed by atoms with E-state index in [2.05, 4.69) is 25.9 Å². The third kappa shape index (κ3) is 2.39. The Bertz CT molecular complexity index is 514. The normalized spacial score (nSPS) is 10.2. The van der Waals surface area contributed by atoms with E-state index in [4.69, 9.17) is 4.74 Å². The van der Waals surface area contributed by atoms with Crippen LogP contribution in [0.3, 0.4) is 0 Å². The summed E-state index contributed by atoms with van der Waals surface area (Å²) < 4.78 is 6.72. The summed E-state index contributed by atoms with van der Waals surface area (Å²) in [6, 6.07) is 5.81. The number of ether oxygens (including phenoxy) is 1. The zero-order valence-corrected chi connectivity index (χ0v) is 10.7. The Balaban J connectivity index is 2.28.